The minimum atomic E-state index is 0.644. The van der Waals surface area contributed by atoms with E-state index in [9.17, 15) is 0 Å². The predicted molar refractivity (Wildman–Crippen MR) is 110 cm³/mol. The first-order valence-corrected chi connectivity index (χ1v) is 11.3. The number of hydrogen-bond donors (Lipinski definition) is 0. The highest BCUT2D eigenvalue weighted by molar-refractivity contribution is 4.67. The van der Waals surface area contributed by atoms with E-state index in [1.807, 2.05) is 0 Å². The fourth-order valence-electron chi connectivity index (χ4n) is 3.57. The fourth-order valence-corrected chi connectivity index (χ4v) is 3.57. The molecule has 0 spiro atoms. The van der Waals surface area contributed by atoms with Crippen LogP contribution in [0.2, 0.25) is 0 Å². The Labute approximate surface area is 158 Å². The maximum atomic E-state index is 2.40. The number of rotatable bonds is 17. The van der Waals surface area contributed by atoms with Gasteiger partial charge >= 0.3 is 0 Å². The third-order valence-corrected chi connectivity index (χ3v) is 5.47. The first-order valence-electron chi connectivity index (χ1n) is 11.3. The molecule has 0 N–H and O–H groups in total. The molecule has 1 aromatic heterocycles. The largest absolute Gasteiger partial charge is 0.243 e. The Bertz CT molecular complexity index is 397. The van der Waals surface area contributed by atoms with Crippen LogP contribution in [0.5, 0.6) is 0 Å². The van der Waals surface area contributed by atoms with Crippen LogP contribution in [0.1, 0.15) is 123 Å². The van der Waals surface area contributed by atoms with E-state index in [0.29, 0.717) is 6.04 Å². The standard InChI is InChI=1S/C23H45N2/c1-4-6-8-9-10-11-12-13-14-15-16-17-18-23(3)25-21-20-24(22-25)19-7-5-2/h20-23H,4-19H2,1-3H3/q+1. The van der Waals surface area contributed by atoms with Crippen molar-refractivity contribution >= 4 is 0 Å². The van der Waals surface area contributed by atoms with Crippen molar-refractivity contribution in [3.05, 3.63) is 18.7 Å². The lowest BCUT2D eigenvalue weighted by atomic mass is 10.0. The quantitative estimate of drug-likeness (QED) is 0.207. The maximum Gasteiger partial charge on any atom is 0.243 e. The van der Waals surface area contributed by atoms with Gasteiger partial charge in [-0.1, -0.05) is 90.9 Å². The first-order chi connectivity index (χ1) is 12.3. The van der Waals surface area contributed by atoms with Gasteiger partial charge in [0.25, 0.3) is 0 Å². The summed E-state index contributed by atoms with van der Waals surface area (Å²) in [6.45, 7) is 8.08. The van der Waals surface area contributed by atoms with Gasteiger partial charge in [0.1, 0.15) is 12.4 Å². The van der Waals surface area contributed by atoms with Crippen LogP contribution < -0.4 is 4.57 Å². The van der Waals surface area contributed by atoms with Crippen molar-refractivity contribution in [3.63, 3.8) is 0 Å². The molecule has 0 amide bonds. The molecule has 0 aliphatic carbocycles. The summed E-state index contributed by atoms with van der Waals surface area (Å²) >= 11 is 0. The number of aromatic nitrogens is 2. The Hall–Kier alpha value is -0.790. The molecule has 146 valence electrons. The topological polar surface area (TPSA) is 8.81 Å². The molecular formula is C23H45N2+. The zero-order chi connectivity index (χ0) is 18.2. The van der Waals surface area contributed by atoms with Crippen molar-refractivity contribution in [3.8, 4) is 0 Å². The van der Waals surface area contributed by atoms with E-state index in [1.165, 1.54) is 96.3 Å². The molecule has 2 nitrogen and oxygen atoms in total. The molecular weight excluding hydrogens is 304 g/mol. The number of unbranched alkanes of at least 4 members (excludes halogenated alkanes) is 12. The zero-order valence-corrected chi connectivity index (χ0v) is 17.5. The van der Waals surface area contributed by atoms with Gasteiger partial charge < -0.3 is 0 Å². The molecule has 1 aromatic rings. The average molecular weight is 350 g/mol. The van der Waals surface area contributed by atoms with Gasteiger partial charge in [-0.15, -0.1) is 0 Å². The molecule has 0 aromatic carbocycles. The summed E-state index contributed by atoms with van der Waals surface area (Å²) in [5.41, 5.74) is 0. The van der Waals surface area contributed by atoms with Gasteiger partial charge in [-0.05, 0) is 26.2 Å². The molecule has 1 atom stereocenters. The molecule has 1 unspecified atom stereocenters. The van der Waals surface area contributed by atoms with Gasteiger partial charge in [-0.25, -0.2) is 9.13 Å². The number of hydrogen-bond acceptors (Lipinski definition) is 0. The second kappa shape index (κ2) is 15.5. The molecule has 0 aliphatic heterocycles. The first kappa shape index (κ1) is 22.3. The third kappa shape index (κ3) is 11.4. The molecule has 0 fully saturated rings. The molecule has 0 aliphatic rings. The van der Waals surface area contributed by atoms with Gasteiger partial charge in [0.2, 0.25) is 6.33 Å². The van der Waals surface area contributed by atoms with Gasteiger partial charge in [0.05, 0.1) is 12.6 Å². The second-order valence-corrected chi connectivity index (χ2v) is 7.98. The Kier molecular flexibility index (Phi) is 13.8. The average Bonchev–Trinajstić information content (AvgIpc) is 3.09. The van der Waals surface area contributed by atoms with E-state index in [1.54, 1.807) is 0 Å². The molecule has 0 saturated carbocycles. The van der Waals surface area contributed by atoms with Crippen LogP contribution in [0.3, 0.4) is 0 Å². The highest BCUT2D eigenvalue weighted by Crippen LogP contribution is 2.14. The summed E-state index contributed by atoms with van der Waals surface area (Å²) in [5, 5.41) is 0. The zero-order valence-electron chi connectivity index (χ0n) is 17.5. The van der Waals surface area contributed by atoms with Gasteiger partial charge in [0, 0.05) is 0 Å². The highest BCUT2D eigenvalue weighted by atomic mass is 15.1. The van der Waals surface area contributed by atoms with Gasteiger partial charge in [0.15, 0.2) is 0 Å². The summed E-state index contributed by atoms with van der Waals surface area (Å²) in [6, 6.07) is 0.644. The number of aryl methyl sites for hydroxylation is 1. The van der Waals surface area contributed by atoms with Crippen molar-refractivity contribution in [2.45, 2.75) is 130 Å². The van der Waals surface area contributed by atoms with Crippen LogP contribution in [-0.2, 0) is 6.54 Å². The van der Waals surface area contributed by atoms with Crippen LogP contribution >= 0.6 is 0 Å². The summed E-state index contributed by atoms with van der Waals surface area (Å²) in [5.74, 6) is 0. The summed E-state index contributed by atoms with van der Waals surface area (Å²) < 4.78 is 4.73. The molecule has 25 heavy (non-hydrogen) atoms. The SMILES string of the molecule is CCCCCCCCCCCCCCC(C)[n+]1ccn(CCCC)c1. The van der Waals surface area contributed by atoms with E-state index in [0.717, 1.165) is 6.54 Å². The number of imidazole rings is 1. The lowest BCUT2D eigenvalue weighted by Gasteiger charge is -2.08. The summed E-state index contributed by atoms with van der Waals surface area (Å²) in [7, 11) is 0. The normalized spacial score (nSPS) is 12.6. The van der Waals surface area contributed by atoms with E-state index >= 15 is 0 Å². The van der Waals surface area contributed by atoms with Crippen molar-refractivity contribution < 1.29 is 4.57 Å². The van der Waals surface area contributed by atoms with Crippen molar-refractivity contribution in [1.29, 1.82) is 0 Å². The molecule has 0 bridgehead atoms. The van der Waals surface area contributed by atoms with E-state index in [-0.39, 0.29) is 0 Å². The Balaban J connectivity index is 1.93. The monoisotopic (exact) mass is 349 g/mol. The van der Waals surface area contributed by atoms with Gasteiger partial charge in [-0.2, -0.15) is 0 Å². The van der Waals surface area contributed by atoms with Crippen molar-refractivity contribution in [2.24, 2.45) is 0 Å². The predicted octanol–water partition coefficient (Wildman–Crippen LogP) is 7.23. The fraction of sp³-hybridized carbons (Fsp3) is 0.870. The van der Waals surface area contributed by atoms with Crippen LogP contribution in [0.15, 0.2) is 18.7 Å². The molecule has 0 saturated heterocycles. The Morgan fingerprint density at radius 2 is 1.24 bits per heavy atom. The minimum absolute atomic E-state index is 0.644. The molecule has 0 radical (unpaired) electrons. The van der Waals surface area contributed by atoms with E-state index in [4.69, 9.17) is 0 Å². The van der Waals surface area contributed by atoms with Crippen LogP contribution in [0.4, 0.5) is 0 Å². The Morgan fingerprint density at radius 1 is 0.720 bits per heavy atom. The molecule has 2 heteroatoms. The summed E-state index contributed by atoms with van der Waals surface area (Å²) in [4.78, 5) is 0. The second-order valence-electron chi connectivity index (χ2n) is 7.98. The molecule has 1 heterocycles. The maximum absolute atomic E-state index is 2.40. The van der Waals surface area contributed by atoms with Crippen molar-refractivity contribution in [2.75, 3.05) is 0 Å². The third-order valence-electron chi connectivity index (χ3n) is 5.47. The smallest absolute Gasteiger partial charge is 0.237 e. The van der Waals surface area contributed by atoms with E-state index < -0.39 is 0 Å². The van der Waals surface area contributed by atoms with Crippen LogP contribution in [-0.4, -0.2) is 4.57 Å². The lowest BCUT2D eigenvalue weighted by Crippen LogP contribution is -2.35. The minimum Gasteiger partial charge on any atom is -0.237 e. The number of nitrogens with zero attached hydrogens (tertiary/aromatic N) is 2. The highest BCUT2D eigenvalue weighted by Gasteiger charge is 2.11. The summed E-state index contributed by atoms with van der Waals surface area (Å²) in [6.07, 6.45) is 27.9. The van der Waals surface area contributed by atoms with Crippen molar-refractivity contribution in [1.82, 2.24) is 4.57 Å². The van der Waals surface area contributed by atoms with Crippen LogP contribution in [0, 0.1) is 0 Å². The van der Waals surface area contributed by atoms with Crippen LogP contribution in [0.25, 0.3) is 0 Å². The van der Waals surface area contributed by atoms with Gasteiger partial charge in [-0.3, -0.25) is 0 Å². The molecule has 1 rings (SSSR count). The lowest BCUT2D eigenvalue weighted by molar-refractivity contribution is -0.720. The van der Waals surface area contributed by atoms with E-state index in [2.05, 4.69) is 48.6 Å². The Morgan fingerprint density at radius 3 is 1.80 bits per heavy atom.